The number of carbonyl (C=O) groups is 2. The number of benzene rings is 1. The Hall–Kier alpha value is -2.24. The van der Waals surface area contributed by atoms with Crippen LogP contribution in [0.15, 0.2) is 18.2 Å². The standard InChI is InChI=1S/C15H20N2O4/c1-15(2)7-9(15)8-16-14(20)17-12-5-4-10(21-3)6-11(12)13(18)19/h4-6,9H,7-8H2,1-3H3,(H,18,19)(H2,16,17,20). The number of urea groups is 1. The second kappa shape index (κ2) is 5.63. The quantitative estimate of drug-likeness (QED) is 0.778. The summed E-state index contributed by atoms with van der Waals surface area (Å²) in [5, 5.41) is 14.5. The van der Waals surface area contributed by atoms with E-state index in [1.54, 1.807) is 6.07 Å². The number of ether oxygens (including phenoxy) is 1. The molecule has 6 nitrogen and oxygen atoms in total. The molecule has 1 aromatic carbocycles. The average Bonchev–Trinajstić information content (AvgIpc) is 3.04. The van der Waals surface area contributed by atoms with Gasteiger partial charge in [0.05, 0.1) is 18.4 Å². The van der Waals surface area contributed by atoms with Gasteiger partial charge in [0.1, 0.15) is 5.75 Å². The minimum Gasteiger partial charge on any atom is -0.497 e. The van der Waals surface area contributed by atoms with Crippen LogP contribution in [-0.2, 0) is 0 Å². The predicted octanol–water partition coefficient (Wildman–Crippen LogP) is 2.56. The molecule has 0 aliphatic heterocycles. The van der Waals surface area contributed by atoms with Crippen molar-refractivity contribution in [2.75, 3.05) is 19.0 Å². The van der Waals surface area contributed by atoms with Crippen molar-refractivity contribution in [1.82, 2.24) is 5.32 Å². The van der Waals surface area contributed by atoms with Crippen molar-refractivity contribution in [2.24, 2.45) is 11.3 Å². The molecule has 6 heteroatoms. The Morgan fingerprint density at radius 1 is 1.43 bits per heavy atom. The van der Waals surface area contributed by atoms with E-state index in [9.17, 15) is 9.59 Å². The molecule has 1 unspecified atom stereocenters. The van der Waals surface area contributed by atoms with Crippen LogP contribution in [0, 0.1) is 11.3 Å². The summed E-state index contributed by atoms with van der Waals surface area (Å²) in [5.41, 5.74) is 0.534. The molecule has 1 aliphatic carbocycles. The number of carboxylic acids is 1. The van der Waals surface area contributed by atoms with Crippen molar-refractivity contribution < 1.29 is 19.4 Å². The van der Waals surface area contributed by atoms with Gasteiger partial charge >= 0.3 is 12.0 Å². The van der Waals surface area contributed by atoms with Gasteiger partial charge < -0.3 is 20.5 Å². The van der Waals surface area contributed by atoms with Crippen LogP contribution in [0.5, 0.6) is 5.75 Å². The predicted molar refractivity (Wildman–Crippen MR) is 78.9 cm³/mol. The van der Waals surface area contributed by atoms with E-state index in [-0.39, 0.29) is 11.3 Å². The van der Waals surface area contributed by atoms with Crippen molar-refractivity contribution in [3.63, 3.8) is 0 Å². The lowest BCUT2D eigenvalue weighted by Crippen LogP contribution is -2.31. The highest BCUT2D eigenvalue weighted by Gasteiger charge is 2.45. The number of aromatic carboxylic acids is 1. The highest BCUT2D eigenvalue weighted by molar-refractivity contribution is 6.00. The minimum atomic E-state index is -1.12. The molecule has 0 saturated heterocycles. The summed E-state index contributed by atoms with van der Waals surface area (Å²) in [6.07, 6.45) is 1.09. The number of methoxy groups -OCH3 is 1. The maximum absolute atomic E-state index is 11.8. The van der Waals surface area contributed by atoms with Crippen LogP contribution in [0.3, 0.4) is 0 Å². The van der Waals surface area contributed by atoms with E-state index in [4.69, 9.17) is 9.84 Å². The van der Waals surface area contributed by atoms with Gasteiger partial charge in [0.2, 0.25) is 0 Å². The summed E-state index contributed by atoms with van der Waals surface area (Å²) in [6, 6.07) is 4.10. The summed E-state index contributed by atoms with van der Waals surface area (Å²) in [5.74, 6) is -0.205. The third-order valence-electron chi connectivity index (χ3n) is 3.93. The van der Waals surface area contributed by atoms with Gasteiger partial charge in [0.15, 0.2) is 0 Å². The van der Waals surface area contributed by atoms with E-state index < -0.39 is 12.0 Å². The van der Waals surface area contributed by atoms with Crippen LogP contribution < -0.4 is 15.4 Å². The number of hydrogen-bond acceptors (Lipinski definition) is 3. The Morgan fingerprint density at radius 3 is 2.62 bits per heavy atom. The smallest absolute Gasteiger partial charge is 0.337 e. The van der Waals surface area contributed by atoms with E-state index >= 15 is 0 Å². The molecule has 0 bridgehead atoms. The molecular formula is C15H20N2O4. The van der Waals surface area contributed by atoms with Crippen molar-refractivity contribution in [2.45, 2.75) is 20.3 Å². The van der Waals surface area contributed by atoms with Gasteiger partial charge in [-0.2, -0.15) is 0 Å². The normalized spacial score (nSPS) is 18.7. The second-order valence-electron chi connectivity index (χ2n) is 5.94. The van der Waals surface area contributed by atoms with Crippen LogP contribution >= 0.6 is 0 Å². The van der Waals surface area contributed by atoms with Crippen molar-refractivity contribution in [1.29, 1.82) is 0 Å². The lowest BCUT2D eigenvalue weighted by Gasteiger charge is -2.11. The van der Waals surface area contributed by atoms with Crippen LogP contribution in [0.25, 0.3) is 0 Å². The average molecular weight is 292 g/mol. The highest BCUT2D eigenvalue weighted by atomic mass is 16.5. The van der Waals surface area contributed by atoms with Crippen LogP contribution in [-0.4, -0.2) is 30.8 Å². The maximum Gasteiger partial charge on any atom is 0.337 e. The zero-order valence-corrected chi connectivity index (χ0v) is 12.4. The number of nitrogens with one attached hydrogen (secondary N) is 2. The van der Waals surface area contributed by atoms with E-state index in [0.717, 1.165) is 6.42 Å². The Labute approximate surface area is 123 Å². The van der Waals surface area contributed by atoms with Gasteiger partial charge in [-0.25, -0.2) is 9.59 Å². The summed E-state index contributed by atoms with van der Waals surface area (Å²) >= 11 is 0. The monoisotopic (exact) mass is 292 g/mol. The topological polar surface area (TPSA) is 87.7 Å². The Bertz CT molecular complexity index is 569. The highest BCUT2D eigenvalue weighted by Crippen LogP contribution is 2.50. The first-order valence-electron chi connectivity index (χ1n) is 6.79. The molecule has 1 atom stereocenters. The molecule has 0 radical (unpaired) electrons. The maximum atomic E-state index is 11.8. The molecule has 114 valence electrons. The van der Waals surface area contributed by atoms with Crippen molar-refractivity contribution in [3.8, 4) is 5.75 Å². The molecule has 0 aromatic heterocycles. The molecule has 1 aliphatic rings. The van der Waals surface area contributed by atoms with Gasteiger partial charge in [-0.3, -0.25) is 0 Å². The van der Waals surface area contributed by atoms with E-state index in [1.165, 1.54) is 19.2 Å². The van der Waals surface area contributed by atoms with Crippen LogP contribution in [0.2, 0.25) is 0 Å². The molecule has 2 rings (SSSR count). The number of hydrogen-bond donors (Lipinski definition) is 3. The summed E-state index contributed by atoms with van der Waals surface area (Å²) < 4.78 is 4.98. The number of rotatable bonds is 5. The minimum absolute atomic E-state index is 0.00347. The molecule has 0 heterocycles. The largest absolute Gasteiger partial charge is 0.497 e. The SMILES string of the molecule is COc1ccc(NC(=O)NCC2CC2(C)C)c(C(=O)O)c1. The fraction of sp³-hybridized carbons (Fsp3) is 0.467. The fourth-order valence-corrected chi connectivity index (χ4v) is 2.24. The molecule has 3 N–H and O–H groups in total. The van der Waals surface area contributed by atoms with Crippen molar-refractivity contribution >= 4 is 17.7 Å². The first-order valence-corrected chi connectivity index (χ1v) is 6.79. The molecule has 2 amide bonds. The van der Waals surface area contributed by atoms with Crippen molar-refractivity contribution in [3.05, 3.63) is 23.8 Å². The molecule has 1 saturated carbocycles. The number of carboxylic acid groups (broad SMARTS) is 1. The number of carbonyl (C=O) groups excluding carboxylic acids is 1. The Morgan fingerprint density at radius 2 is 2.10 bits per heavy atom. The lowest BCUT2D eigenvalue weighted by molar-refractivity contribution is 0.0697. The second-order valence-corrected chi connectivity index (χ2v) is 5.94. The molecule has 1 fully saturated rings. The first kappa shape index (κ1) is 15.2. The van der Waals surface area contributed by atoms with E-state index in [0.29, 0.717) is 23.6 Å². The van der Waals surface area contributed by atoms with E-state index in [2.05, 4.69) is 24.5 Å². The van der Waals surface area contributed by atoms with Crippen LogP contribution in [0.4, 0.5) is 10.5 Å². The third kappa shape index (κ3) is 3.65. The molecule has 0 spiro atoms. The van der Waals surface area contributed by atoms with Gasteiger partial charge in [0.25, 0.3) is 0 Å². The first-order chi connectivity index (χ1) is 9.83. The van der Waals surface area contributed by atoms with Gasteiger partial charge in [0, 0.05) is 6.54 Å². The fourth-order valence-electron chi connectivity index (χ4n) is 2.24. The van der Waals surface area contributed by atoms with Gasteiger partial charge in [-0.1, -0.05) is 13.8 Å². The Balaban J connectivity index is 1.98. The van der Waals surface area contributed by atoms with Gasteiger partial charge in [-0.15, -0.1) is 0 Å². The molecular weight excluding hydrogens is 272 g/mol. The summed E-state index contributed by atoms with van der Waals surface area (Å²) in [4.78, 5) is 23.0. The number of anilines is 1. The summed E-state index contributed by atoms with van der Waals surface area (Å²) in [6.45, 7) is 4.91. The Kier molecular flexibility index (Phi) is 4.06. The summed E-state index contributed by atoms with van der Waals surface area (Å²) in [7, 11) is 1.46. The van der Waals surface area contributed by atoms with E-state index in [1.807, 2.05) is 0 Å². The zero-order chi connectivity index (χ0) is 15.6. The molecule has 1 aromatic rings. The zero-order valence-electron chi connectivity index (χ0n) is 12.4. The van der Waals surface area contributed by atoms with Crippen LogP contribution in [0.1, 0.15) is 30.6 Å². The molecule has 21 heavy (non-hydrogen) atoms. The lowest BCUT2D eigenvalue weighted by atomic mass is 10.1. The third-order valence-corrected chi connectivity index (χ3v) is 3.93. The van der Waals surface area contributed by atoms with Gasteiger partial charge in [-0.05, 0) is 36.0 Å². The number of amides is 2.